The van der Waals surface area contributed by atoms with Crippen molar-refractivity contribution in [3.05, 3.63) is 65.7 Å². The van der Waals surface area contributed by atoms with Gasteiger partial charge in [0.2, 0.25) is 19.1 Å². The lowest BCUT2D eigenvalue weighted by atomic mass is 10.1. The number of anilines is 1. The van der Waals surface area contributed by atoms with Crippen LogP contribution in [0.2, 0.25) is 0 Å². The smallest absolute Gasteiger partial charge is 0.231 e. The number of fused-ring (bicyclic) bond motifs is 1. The van der Waals surface area contributed by atoms with Gasteiger partial charge in [0.25, 0.3) is 0 Å². The molecule has 3 heterocycles. The van der Waals surface area contributed by atoms with Gasteiger partial charge in [0, 0.05) is 60.6 Å². The summed E-state index contributed by atoms with van der Waals surface area (Å²) in [6.45, 7) is 4.53. The molecule has 0 amide bonds. The molecule has 29 heavy (non-hydrogen) atoms. The molecule has 0 saturated carbocycles. The Morgan fingerprint density at radius 2 is 1.76 bits per heavy atom. The second-order valence-electron chi connectivity index (χ2n) is 7.20. The predicted molar refractivity (Wildman–Crippen MR) is 107 cm³/mol. The number of carbonyl (C=O) groups excluding carboxylic acids is 1. The number of aryl methyl sites for hydroxylation is 1. The summed E-state index contributed by atoms with van der Waals surface area (Å²) in [4.78, 5) is 15.0. The number of ether oxygens (including phenoxy) is 2. The summed E-state index contributed by atoms with van der Waals surface area (Å²) in [7, 11) is 3.99. The van der Waals surface area contributed by atoms with Gasteiger partial charge in [-0.1, -0.05) is 0 Å². The standard InChI is InChI=1S/C22H24N3O3.ClH/c1-15-11-19(20(26)13-24-9-7-17(8-10-24)23(3)4)16(2)25(15)18-5-6-21-22(12-18)28-14-27-21;/h5-12H,13-14H2,1-4H3;1H/q+1;/p-1. The van der Waals surface area contributed by atoms with Gasteiger partial charge in [0.15, 0.2) is 23.9 Å². The van der Waals surface area contributed by atoms with Crippen molar-refractivity contribution in [2.45, 2.75) is 20.4 Å². The first-order valence-corrected chi connectivity index (χ1v) is 9.22. The number of aromatic nitrogens is 2. The molecule has 6 nitrogen and oxygen atoms in total. The molecule has 2 aromatic heterocycles. The number of carbonyl (C=O) groups is 1. The van der Waals surface area contributed by atoms with Gasteiger partial charge in [-0.25, -0.2) is 0 Å². The van der Waals surface area contributed by atoms with Crippen molar-refractivity contribution in [3.8, 4) is 17.2 Å². The van der Waals surface area contributed by atoms with Gasteiger partial charge in [-0.05, 0) is 32.0 Å². The van der Waals surface area contributed by atoms with E-state index in [1.807, 2.05) is 86.2 Å². The van der Waals surface area contributed by atoms with E-state index in [-0.39, 0.29) is 25.0 Å². The van der Waals surface area contributed by atoms with Crippen molar-refractivity contribution in [1.82, 2.24) is 4.57 Å². The molecule has 0 atom stereocenters. The van der Waals surface area contributed by atoms with Crippen LogP contribution in [0, 0.1) is 13.8 Å². The van der Waals surface area contributed by atoms with Crippen LogP contribution >= 0.6 is 0 Å². The maximum absolute atomic E-state index is 12.9. The van der Waals surface area contributed by atoms with Crippen molar-refractivity contribution in [1.29, 1.82) is 0 Å². The quantitative estimate of drug-likeness (QED) is 0.438. The Bertz CT molecular complexity index is 1040. The molecule has 0 radical (unpaired) electrons. The molecule has 1 aliphatic heterocycles. The SMILES string of the molecule is Cc1cc(C(=O)C[n+]2ccc(N(C)C)cc2)c(C)n1-c1ccc2c(c1)OCO2.[Cl-]. The molecule has 0 saturated heterocycles. The fourth-order valence-electron chi connectivity index (χ4n) is 3.57. The maximum atomic E-state index is 12.9. The molecule has 0 spiro atoms. The summed E-state index contributed by atoms with van der Waals surface area (Å²) in [5.41, 5.74) is 4.73. The number of hydrogen-bond acceptors (Lipinski definition) is 4. The van der Waals surface area contributed by atoms with E-state index >= 15 is 0 Å². The topological polar surface area (TPSA) is 47.6 Å². The Hall–Kier alpha value is -2.99. The highest BCUT2D eigenvalue weighted by Gasteiger charge is 2.21. The third-order valence-electron chi connectivity index (χ3n) is 5.06. The first-order valence-electron chi connectivity index (χ1n) is 9.22. The summed E-state index contributed by atoms with van der Waals surface area (Å²) in [6, 6.07) is 11.8. The van der Waals surface area contributed by atoms with Gasteiger partial charge in [0.05, 0.1) is 0 Å². The number of hydrogen-bond donors (Lipinski definition) is 0. The number of nitrogens with zero attached hydrogens (tertiary/aromatic N) is 3. The second-order valence-corrected chi connectivity index (χ2v) is 7.20. The summed E-state index contributed by atoms with van der Waals surface area (Å²) < 4.78 is 14.9. The van der Waals surface area contributed by atoms with Crippen LogP contribution in [0.3, 0.4) is 0 Å². The van der Waals surface area contributed by atoms with Gasteiger partial charge >= 0.3 is 0 Å². The highest BCUT2D eigenvalue weighted by atomic mass is 35.5. The van der Waals surface area contributed by atoms with Gasteiger partial charge in [-0.3, -0.25) is 4.79 Å². The van der Waals surface area contributed by atoms with Crippen LogP contribution in [0.4, 0.5) is 5.69 Å². The zero-order valence-corrected chi connectivity index (χ0v) is 17.7. The number of halogens is 1. The average Bonchev–Trinajstić information content (AvgIpc) is 3.25. The first-order chi connectivity index (χ1) is 13.4. The van der Waals surface area contributed by atoms with E-state index < -0.39 is 0 Å². The van der Waals surface area contributed by atoms with Crippen molar-refractivity contribution in [2.75, 3.05) is 25.8 Å². The zero-order chi connectivity index (χ0) is 19.8. The number of ketones is 1. The van der Waals surface area contributed by atoms with Crippen molar-refractivity contribution in [3.63, 3.8) is 0 Å². The lowest BCUT2D eigenvalue weighted by Crippen LogP contribution is -3.00. The fourth-order valence-corrected chi connectivity index (χ4v) is 3.57. The molecule has 0 N–H and O–H groups in total. The minimum Gasteiger partial charge on any atom is -1.00 e. The molecular formula is C22H24ClN3O3. The largest absolute Gasteiger partial charge is 1.00 e. The van der Waals surface area contributed by atoms with E-state index in [1.165, 1.54) is 0 Å². The minimum atomic E-state index is 0. The predicted octanol–water partition coefficient (Wildman–Crippen LogP) is 0.0632. The Balaban J connectivity index is 0.00000240. The fraction of sp³-hybridized carbons (Fsp3) is 0.273. The first kappa shape index (κ1) is 20.7. The lowest BCUT2D eigenvalue weighted by Gasteiger charge is -2.11. The molecule has 1 aliphatic rings. The Kier molecular flexibility index (Phi) is 5.84. The third kappa shape index (κ3) is 3.93. The third-order valence-corrected chi connectivity index (χ3v) is 5.06. The maximum Gasteiger partial charge on any atom is 0.231 e. The Morgan fingerprint density at radius 1 is 1.07 bits per heavy atom. The lowest BCUT2D eigenvalue weighted by molar-refractivity contribution is -0.683. The van der Waals surface area contributed by atoms with E-state index in [0.29, 0.717) is 6.54 Å². The molecule has 152 valence electrons. The minimum absolute atomic E-state index is 0. The summed E-state index contributed by atoms with van der Waals surface area (Å²) >= 11 is 0. The molecular weight excluding hydrogens is 390 g/mol. The van der Waals surface area contributed by atoms with E-state index in [4.69, 9.17) is 9.47 Å². The Morgan fingerprint density at radius 3 is 2.45 bits per heavy atom. The molecule has 4 rings (SSSR count). The van der Waals surface area contributed by atoms with Crippen molar-refractivity contribution in [2.24, 2.45) is 0 Å². The molecule has 0 unspecified atom stereocenters. The summed E-state index contributed by atoms with van der Waals surface area (Å²) in [6.07, 6.45) is 3.87. The molecule has 7 heteroatoms. The number of benzene rings is 1. The van der Waals surface area contributed by atoms with Crippen LogP contribution in [-0.2, 0) is 6.54 Å². The normalized spacial score (nSPS) is 11.9. The second kappa shape index (κ2) is 8.17. The van der Waals surface area contributed by atoms with E-state index in [9.17, 15) is 4.79 Å². The van der Waals surface area contributed by atoms with E-state index in [0.717, 1.165) is 39.8 Å². The van der Waals surface area contributed by atoms with Crippen molar-refractivity contribution >= 4 is 11.5 Å². The van der Waals surface area contributed by atoms with Gasteiger partial charge in [0.1, 0.15) is 0 Å². The van der Waals surface area contributed by atoms with Crippen LogP contribution in [0.1, 0.15) is 21.7 Å². The van der Waals surface area contributed by atoms with E-state index in [2.05, 4.69) is 4.57 Å². The van der Waals surface area contributed by atoms with Gasteiger partial charge in [-0.15, -0.1) is 0 Å². The number of rotatable bonds is 5. The van der Waals surface area contributed by atoms with Gasteiger partial charge in [-0.2, -0.15) is 4.57 Å². The molecule has 0 fully saturated rings. The van der Waals surface area contributed by atoms with E-state index in [1.54, 1.807) is 0 Å². The average molecular weight is 414 g/mol. The van der Waals surface area contributed by atoms with Crippen LogP contribution in [0.15, 0.2) is 48.8 Å². The molecule has 1 aromatic carbocycles. The number of pyridine rings is 1. The highest BCUT2D eigenvalue weighted by molar-refractivity contribution is 5.96. The summed E-state index contributed by atoms with van der Waals surface area (Å²) in [5.74, 6) is 1.57. The molecule has 3 aromatic rings. The number of Topliss-reactive ketones (excluding diaryl/α,β-unsaturated/α-hetero) is 1. The van der Waals surface area contributed by atoms with Crippen LogP contribution in [0.5, 0.6) is 11.5 Å². The van der Waals surface area contributed by atoms with Crippen LogP contribution in [-0.4, -0.2) is 31.2 Å². The van der Waals surface area contributed by atoms with Gasteiger partial charge < -0.3 is 31.3 Å². The highest BCUT2D eigenvalue weighted by Crippen LogP contribution is 2.34. The van der Waals surface area contributed by atoms with Crippen LogP contribution < -0.4 is 31.3 Å². The van der Waals surface area contributed by atoms with Crippen molar-refractivity contribution < 1.29 is 31.2 Å². The zero-order valence-electron chi connectivity index (χ0n) is 17.0. The summed E-state index contributed by atoms with van der Waals surface area (Å²) in [5, 5.41) is 0. The molecule has 0 aliphatic carbocycles. The molecule has 0 bridgehead atoms. The monoisotopic (exact) mass is 413 g/mol. The Labute approximate surface area is 176 Å². The van der Waals surface area contributed by atoms with Crippen LogP contribution in [0.25, 0.3) is 5.69 Å².